The zero-order chi connectivity index (χ0) is 14.8. The van der Waals surface area contributed by atoms with Crippen LogP contribution in [0.1, 0.15) is 29.2 Å². The van der Waals surface area contributed by atoms with Crippen LogP contribution in [0.4, 0.5) is 5.69 Å². The highest BCUT2D eigenvalue weighted by Gasteiger charge is 2.24. The predicted molar refractivity (Wildman–Crippen MR) is 85.5 cm³/mol. The molecule has 1 aliphatic rings. The average Bonchev–Trinajstić information content (AvgIpc) is 2.85. The van der Waals surface area contributed by atoms with Gasteiger partial charge >= 0.3 is 0 Å². The SMILES string of the molecule is NC(CCc1ccccc1)c1cc(Cl)cc2c1NC(=O)C2. The van der Waals surface area contributed by atoms with Crippen LogP contribution < -0.4 is 11.1 Å². The minimum Gasteiger partial charge on any atom is -0.325 e. The Balaban J connectivity index is 1.79. The quantitative estimate of drug-likeness (QED) is 0.908. The largest absolute Gasteiger partial charge is 0.325 e. The summed E-state index contributed by atoms with van der Waals surface area (Å²) in [6.07, 6.45) is 2.10. The van der Waals surface area contributed by atoms with Gasteiger partial charge in [-0.3, -0.25) is 4.79 Å². The molecule has 1 atom stereocenters. The number of amides is 1. The van der Waals surface area contributed by atoms with Crippen LogP contribution in [-0.4, -0.2) is 5.91 Å². The topological polar surface area (TPSA) is 55.1 Å². The summed E-state index contributed by atoms with van der Waals surface area (Å²) >= 11 is 6.14. The fourth-order valence-corrected chi connectivity index (χ4v) is 3.00. The minimum atomic E-state index is -0.143. The number of halogens is 1. The lowest BCUT2D eigenvalue weighted by Gasteiger charge is -2.16. The maximum Gasteiger partial charge on any atom is 0.228 e. The predicted octanol–water partition coefficient (Wildman–Crippen LogP) is 3.47. The number of aryl methyl sites for hydroxylation is 1. The molecular formula is C17H17ClN2O. The molecule has 0 saturated carbocycles. The van der Waals surface area contributed by atoms with Gasteiger partial charge in [0.2, 0.25) is 5.91 Å². The van der Waals surface area contributed by atoms with Gasteiger partial charge < -0.3 is 11.1 Å². The lowest BCUT2D eigenvalue weighted by Crippen LogP contribution is -2.14. The summed E-state index contributed by atoms with van der Waals surface area (Å²) in [7, 11) is 0. The maximum atomic E-state index is 11.6. The number of hydrogen-bond donors (Lipinski definition) is 2. The molecule has 0 fully saturated rings. The van der Waals surface area contributed by atoms with E-state index in [-0.39, 0.29) is 11.9 Å². The number of hydrogen-bond acceptors (Lipinski definition) is 2. The second kappa shape index (κ2) is 5.88. The molecule has 0 bridgehead atoms. The van der Waals surface area contributed by atoms with Crippen molar-refractivity contribution < 1.29 is 4.79 Å². The summed E-state index contributed by atoms with van der Waals surface area (Å²) in [5.41, 5.74) is 10.3. The van der Waals surface area contributed by atoms with E-state index >= 15 is 0 Å². The zero-order valence-electron chi connectivity index (χ0n) is 11.6. The first-order chi connectivity index (χ1) is 10.1. The number of nitrogens with one attached hydrogen (secondary N) is 1. The van der Waals surface area contributed by atoms with Crippen molar-refractivity contribution in [1.82, 2.24) is 0 Å². The second-order valence-corrected chi connectivity index (χ2v) is 5.82. The Kier molecular flexibility index (Phi) is 3.95. The Morgan fingerprint density at radius 2 is 2.00 bits per heavy atom. The molecule has 108 valence electrons. The molecule has 0 spiro atoms. The van der Waals surface area contributed by atoms with E-state index in [2.05, 4.69) is 17.4 Å². The first-order valence-corrected chi connectivity index (χ1v) is 7.43. The van der Waals surface area contributed by atoms with Gasteiger partial charge in [0.05, 0.1) is 6.42 Å². The van der Waals surface area contributed by atoms with E-state index in [1.807, 2.05) is 30.3 Å². The van der Waals surface area contributed by atoms with Crippen LogP contribution in [0.5, 0.6) is 0 Å². The minimum absolute atomic E-state index is 0.00350. The summed E-state index contributed by atoms with van der Waals surface area (Å²) in [4.78, 5) is 11.6. The van der Waals surface area contributed by atoms with E-state index in [4.69, 9.17) is 17.3 Å². The van der Waals surface area contributed by atoms with E-state index in [1.54, 1.807) is 0 Å². The van der Waals surface area contributed by atoms with Gasteiger partial charge in [-0.15, -0.1) is 0 Å². The molecule has 2 aromatic rings. The van der Waals surface area contributed by atoms with Crippen LogP contribution in [0.15, 0.2) is 42.5 Å². The van der Waals surface area contributed by atoms with Gasteiger partial charge in [-0.2, -0.15) is 0 Å². The third kappa shape index (κ3) is 3.09. The Hall–Kier alpha value is -1.84. The Morgan fingerprint density at radius 3 is 2.76 bits per heavy atom. The third-order valence-electron chi connectivity index (χ3n) is 3.82. The second-order valence-electron chi connectivity index (χ2n) is 5.38. The lowest BCUT2D eigenvalue weighted by atomic mass is 9.96. The van der Waals surface area contributed by atoms with Crippen molar-refractivity contribution in [3.63, 3.8) is 0 Å². The Labute approximate surface area is 129 Å². The van der Waals surface area contributed by atoms with Gasteiger partial charge in [-0.1, -0.05) is 41.9 Å². The molecule has 1 unspecified atom stereocenters. The van der Waals surface area contributed by atoms with Crippen LogP contribution in [-0.2, 0) is 17.6 Å². The highest BCUT2D eigenvalue weighted by molar-refractivity contribution is 6.31. The maximum absolute atomic E-state index is 11.6. The first-order valence-electron chi connectivity index (χ1n) is 7.05. The van der Waals surface area contributed by atoms with Crippen LogP contribution in [0, 0.1) is 0 Å². The van der Waals surface area contributed by atoms with E-state index in [9.17, 15) is 4.79 Å². The van der Waals surface area contributed by atoms with E-state index in [0.29, 0.717) is 11.4 Å². The molecule has 0 aliphatic carbocycles. The van der Waals surface area contributed by atoms with Crippen molar-refractivity contribution in [2.24, 2.45) is 5.73 Å². The highest BCUT2D eigenvalue weighted by atomic mass is 35.5. The molecule has 1 amide bonds. The smallest absolute Gasteiger partial charge is 0.228 e. The molecule has 3 nitrogen and oxygen atoms in total. The van der Waals surface area contributed by atoms with Crippen molar-refractivity contribution in [2.45, 2.75) is 25.3 Å². The zero-order valence-corrected chi connectivity index (χ0v) is 12.4. The van der Waals surface area contributed by atoms with Gasteiger partial charge in [0, 0.05) is 16.8 Å². The van der Waals surface area contributed by atoms with Crippen LogP contribution in [0.3, 0.4) is 0 Å². The summed E-state index contributed by atoms with van der Waals surface area (Å²) in [6, 6.07) is 13.8. The molecule has 3 rings (SSSR count). The van der Waals surface area contributed by atoms with Gasteiger partial charge in [0.15, 0.2) is 0 Å². The van der Waals surface area contributed by atoms with Gasteiger partial charge in [-0.25, -0.2) is 0 Å². The Bertz CT molecular complexity index is 670. The third-order valence-corrected chi connectivity index (χ3v) is 4.04. The molecule has 0 aromatic heterocycles. The molecule has 2 aromatic carbocycles. The number of nitrogens with two attached hydrogens (primary N) is 1. The number of anilines is 1. The average molecular weight is 301 g/mol. The van der Waals surface area contributed by atoms with Gasteiger partial charge in [0.1, 0.15) is 0 Å². The molecular weight excluding hydrogens is 284 g/mol. The number of rotatable bonds is 4. The van der Waals surface area contributed by atoms with Gasteiger partial charge in [-0.05, 0) is 41.7 Å². The highest BCUT2D eigenvalue weighted by Crippen LogP contribution is 2.35. The monoisotopic (exact) mass is 300 g/mol. The van der Waals surface area contributed by atoms with Crippen LogP contribution in [0.2, 0.25) is 5.02 Å². The molecule has 21 heavy (non-hydrogen) atoms. The fourth-order valence-electron chi connectivity index (χ4n) is 2.75. The number of fused-ring (bicyclic) bond motifs is 1. The summed E-state index contributed by atoms with van der Waals surface area (Å²) in [5, 5.41) is 3.53. The molecule has 1 aliphatic heterocycles. The van der Waals surface area contributed by atoms with E-state index in [0.717, 1.165) is 29.7 Å². The lowest BCUT2D eigenvalue weighted by molar-refractivity contribution is -0.115. The molecule has 4 heteroatoms. The van der Waals surface area contributed by atoms with E-state index in [1.165, 1.54) is 5.56 Å². The van der Waals surface area contributed by atoms with Crippen molar-refractivity contribution in [3.8, 4) is 0 Å². The van der Waals surface area contributed by atoms with Crippen molar-refractivity contribution in [1.29, 1.82) is 0 Å². The van der Waals surface area contributed by atoms with Crippen molar-refractivity contribution in [3.05, 3.63) is 64.2 Å². The molecule has 0 saturated heterocycles. The number of benzene rings is 2. The van der Waals surface area contributed by atoms with Crippen molar-refractivity contribution in [2.75, 3.05) is 5.32 Å². The van der Waals surface area contributed by atoms with Crippen LogP contribution >= 0.6 is 11.6 Å². The Morgan fingerprint density at radius 1 is 1.24 bits per heavy atom. The standard InChI is InChI=1S/C17H17ClN2O/c18-13-8-12-9-16(21)20-17(12)14(10-13)15(19)7-6-11-4-2-1-3-5-11/h1-5,8,10,15H,6-7,9,19H2,(H,20,21). The van der Waals surface area contributed by atoms with E-state index < -0.39 is 0 Å². The molecule has 3 N–H and O–H groups in total. The number of carbonyl (C=O) groups excluding carboxylic acids is 1. The van der Waals surface area contributed by atoms with Crippen molar-refractivity contribution >= 4 is 23.2 Å². The summed E-state index contributed by atoms with van der Waals surface area (Å²) < 4.78 is 0. The summed E-state index contributed by atoms with van der Waals surface area (Å²) in [6.45, 7) is 0. The first kappa shape index (κ1) is 14.1. The summed E-state index contributed by atoms with van der Waals surface area (Å²) in [5.74, 6) is 0.00350. The fraction of sp³-hybridized carbons (Fsp3) is 0.235. The van der Waals surface area contributed by atoms with Crippen LogP contribution in [0.25, 0.3) is 0 Å². The molecule has 0 radical (unpaired) electrons. The number of carbonyl (C=O) groups is 1. The molecule has 1 heterocycles. The van der Waals surface area contributed by atoms with Gasteiger partial charge in [0.25, 0.3) is 0 Å². The normalized spacial score (nSPS) is 14.7.